The fraction of sp³-hybridized carbons (Fsp3) is 0.435. The van der Waals surface area contributed by atoms with E-state index in [-0.39, 0.29) is 12.0 Å². The number of carbonyl (C=O) groups is 1. The van der Waals surface area contributed by atoms with Gasteiger partial charge in [-0.05, 0) is 56.4 Å². The summed E-state index contributed by atoms with van der Waals surface area (Å²) < 4.78 is 17.4. The highest BCUT2D eigenvalue weighted by molar-refractivity contribution is 5.95. The van der Waals surface area contributed by atoms with Crippen molar-refractivity contribution in [2.45, 2.75) is 51.9 Å². The molecule has 150 valence electrons. The van der Waals surface area contributed by atoms with Crippen LogP contribution in [-0.4, -0.2) is 31.3 Å². The molecular formula is C23H29NO4. The van der Waals surface area contributed by atoms with Crippen molar-refractivity contribution in [1.29, 1.82) is 0 Å². The predicted molar refractivity (Wildman–Crippen MR) is 110 cm³/mol. The Morgan fingerprint density at radius 2 is 2.04 bits per heavy atom. The molecule has 1 heterocycles. The number of nitrogens with one attached hydrogen (secondary N) is 1. The van der Waals surface area contributed by atoms with E-state index in [2.05, 4.69) is 5.32 Å². The zero-order valence-corrected chi connectivity index (χ0v) is 16.6. The minimum atomic E-state index is -0.561. The van der Waals surface area contributed by atoms with Crippen molar-refractivity contribution in [3.8, 4) is 5.75 Å². The van der Waals surface area contributed by atoms with E-state index in [1.54, 1.807) is 6.92 Å². The molecule has 1 saturated heterocycles. The number of carbonyl (C=O) groups excluding carboxylic acids is 1. The first kappa shape index (κ1) is 20.4. The van der Waals surface area contributed by atoms with Crippen molar-refractivity contribution in [3.63, 3.8) is 0 Å². The van der Waals surface area contributed by atoms with Crippen molar-refractivity contribution >= 4 is 11.6 Å². The first-order chi connectivity index (χ1) is 13.6. The number of hydrogen-bond donors (Lipinski definition) is 1. The van der Waals surface area contributed by atoms with Crippen LogP contribution in [-0.2, 0) is 20.9 Å². The second kappa shape index (κ2) is 10.2. The number of aryl methyl sites for hydroxylation is 1. The van der Waals surface area contributed by atoms with E-state index in [1.807, 2.05) is 55.5 Å². The molecule has 0 aliphatic carbocycles. The Hall–Kier alpha value is -2.37. The Morgan fingerprint density at radius 3 is 2.79 bits per heavy atom. The largest absolute Gasteiger partial charge is 0.487 e. The van der Waals surface area contributed by atoms with Crippen molar-refractivity contribution in [3.05, 3.63) is 59.7 Å². The molecule has 0 radical (unpaired) electrons. The van der Waals surface area contributed by atoms with Crippen LogP contribution in [0.3, 0.4) is 0 Å². The van der Waals surface area contributed by atoms with Gasteiger partial charge in [-0.15, -0.1) is 0 Å². The Bertz CT molecular complexity index is 756. The second-order valence-electron chi connectivity index (χ2n) is 7.23. The third-order valence-corrected chi connectivity index (χ3v) is 4.81. The third-order valence-electron chi connectivity index (χ3n) is 4.81. The molecule has 0 bridgehead atoms. The van der Waals surface area contributed by atoms with Crippen LogP contribution in [0.15, 0.2) is 48.5 Å². The summed E-state index contributed by atoms with van der Waals surface area (Å²) >= 11 is 0. The summed E-state index contributed by atoms with van der Waals surface area (Å²) in [5, 5.41) is 2.93. The van der Waals surface area contributed by atoms with Gasteiger partial charge >= 0.3 is 0 Å². The molecule has 1 amide bonds. The zero-order valence-electron chi connectivity index (χ0n) is 16.6. The fourth-order valence-corrected chi connectivity index (χ4v) is 3.09. The summed E-state index contributed by atoms with van der Waals surface area (Å²) in [4.78, 5) is 12.6. The quantitative estimate of drug-likeness (QED) is 0.730. The Balaban J connectivity index is 1.56. The predicted octanol–water partition coefficient (Wildman–Crippen LogP) is 4.49. The average molecular weight is 383 g/mol. The summed E-state index contributed by atoms with van der Waals surface area (Å²) in [5.74, 6) is 0.462. The van der Waals surface area contributed by atoms with Gasteiger partial charge in [-0.3, -0.25) is 4.79 Å². The lowest BCUT2D eigenvalue weighted by Gasteiger charge is -2.24. The van der Waals surface area contributed by atoms with Crippen LogP contribution >= 0.6 is 0 Å². The van der Waals surface area contributed by atoms with Crippen LogP contribution in [0.4, 0.5) is 5.69 Å². The number of anilines is 1. The van der Waals surface area contributed by atoms with E-state index in [1.165, 1.54) is 0 Å². The first-order valence-electron chi connectivity index (χ1n) is 9.93. The third kappa shape index (κ3) is 6.08. The van der Waals surface area contributed by atoms with Gasteiger partial charge in [0.15, 0.2) is 0 Å². The van der Waals surface area contributed by atoms with E-state index in [9.17, 15) is 4.79 Å². The van der Waals surface area contributed by atoms with Gasteiger partial charge in [0.05, 0.1) is 18.4 Å². The highest BCUT2D eigenvalue weighted by atomic mass is 16.5. The summed E-state index contributed by atoms with van der Waals surface area (Å²) in [6.45, 7) is 5.42. The SMILES string of the molecule is Cc1ccc(NC(=O)C(C)OCC2CCCCO2)c(OCc2ccccc2)c1. The summed E-state index contributed by atoms with van der Waals surface area (Å²) in [7, 11) is 0. The van der Waals surface area contributed by atoms with Gasteiger partial charge < -0.3 is 19.5 Å². The molecule has 5 nitrogen and oxygen atoms in total. The molecule has 1 aliphatic rings. The Labute approximate surface area is 167 Å². The van der Waals surface area contributed by atoms with E-state index in [0.29, 0.717) is 24.7 Å². The topological polar surface area (TPSA) is 56.8 Å². The molecule has 2 atom stereocenters. The van der Waals surface area contributed by atoms with E-state index >= 15 is 0 Å². The maximum absolute atomic E-state index is 12.6. The molecule has 1 fully saturated rings. The average Bonchev–Trinajstić information content (AvgIpc) is 2.73. The molecule has 0 saturated carbocycles. The molecule has 3 rings (SSSR count). The number of amides is 1. The number of ether oxygens (including phenoxy) is 3. The minimum absolute atomic E-state index is 0.0909. The van der Waals surface area contributed by atoms with Gasteiger partial charge in [0.1, 0.15) is 18.5 Å². The number of rotatable bonds is 8. The monoisotopic (exact) mass is 383 g/mol. The summed E-state index contributed by atoms with van der Waals surface area (Å²) in [6.07, 6.45) is 2.78. The molecule has 2 unspecified atom stereocenters. The molecule has 1 aliphatic heterocycles. The van der Waals surface area contributed by atoms with Crippen LogP contribution in [0.1, 0.15) is 37.3 Å². The number of benzene rings is 2. The molecule has 2 aromatic rings. The second-order valence-corrected chi connectivity index (χ2v) is 7.23. The first-order valence-corrected chi connectivity index (χ1v) is 9.93. The van der Waals surface area contributed by atoms with Gasteiger partial charge in [0, 0.05) is 6.61 Å². The molecule has 0 aromatic heterocycles. The lowest BCUT2D eigenvalue weighted by Crippen LogP contribution is -2.32. The standard InChI is InChI=1S/C23H29NO4/c1-17-11-12-21(22(14-17)28-15-19-8-4-3-5-9-19)24-23(25)18(2)27-16-20-10-6-7-13-26-20/h3-5,8-9,11-12,14,18,20H,6-7,10,13,15-16H2,1-2H3,(H,24,25). The van der Waals surface area contributed by atoms with Gasteiger partial charge in [0.25, 0.3) is 5.91 Å². The van der Waals surface area contributed by atoms with Crippen molar-refractivity contribution in [1.82, 2.24) is 0 Å². The van der Waals surface area contributed by atoms with Crippen molar-refractivity contribution < 1.29 is 19.0 Å². The molecule has 2 aromatic carbocycles. The molecule has 1 N–H and O–H groups in total. The lowest BCUT2D eigenvalue weighted by molar-refractivity contribution is -0.130. The van der Waals surface area contributed by atoms with Gasteiger partial charge in [0.2, 0.25) is 0 Å². The normalized spacial score (nSPS) is 17.7. The minimum Gasteiger partial charge on any atom is -0.487 e. The van der Waals surface area contributed by atoms with E-state index in [4.69, 9.17) is 14.2 Å². The van der Waals surface area contributed by atoms with E-state index < -0.39 is 6.10 Å². The molecule has 5 heteroatoms. The van der Waals surface area contributed by atoms with Crippen LogP contribution in [0.2, 0.25) is 0 Å². The van der Waals surface area contributed by atoms with Crippen LogP contribution < -0.4 is 10.1 Å². The highest BCUT2D eigenvalue weighted by Crippen LogP contribution is 2.27. The summed E-state index contributed by atoms with van der Waals surface area (Å²) in [6, 6.07) is 15.7. The van der Waals surface area contributed by atoms with Gasteiger partial charge in [-0.2, -0.15) is 0 Å². The lowest BCUT2D eigenvalue weighted by atomic mass is 10.1. The maximum atomic E-state index is 12.6. The van der Waals surface area contributed by atoms with Crippen molar-refractivity contribution in [2.75, 3.05) is 18.5 Å². The van der Waals surface area contributed by atoms with Crippen LogP contribution in [0.25, 0.3) is 0 Å². The Kier molecular flexibility index (Phi) is 7.46. The maximum Gasteiger partial charge on any atom is 0.253 e. The van der Waals surface area contributed by atoms with Gasteiger partial charge in [-0.1, -0.05) is 36.4 Å². The molecule has 0 spiro atoms. The smallest absolute Gasteiger partial charge is 0.253 e. The van der Waals surface area contributed by atoms with Crippen molar-refractivity contribution in [2.24, 2.45) is 0 Å². The van der Waals surface area contributed by atoms with Gasteiger partial charge in [-0.25, -0.2) is 0 Å². The Morgan fingerprint density at radius 1 is 1.21 bits per heavy atom. The van der Waals surface area contributed by atoms with E-state index in [0.717, 1.165) is 37.0 Å². The van der Waals surface area contributed by atoms with Crippen LogP contribution in [0, 0.1) is 6.92 Å². The highest BCUT2D eigenvalue weighted by Gasteiger charge is 2.20. The molecule has 28 heavy (non-hydrogen) atoms. The fourth-order valence-electron chi connectivity index (χ4n) is 3.09. The zero-order chi connectivity index (χ0) is 19.8. The van der Waals surface area contributed by atoms with Crippen LogP contribution in [0.5, 0.6) is 5.75 Å². The summed E-state index contributed by atoms with van der Waals surface area (Å²) in [5.41, 5.74) is 2.79. The number of hydrogen-bond acceptors (Lipinski definition) is 4. The molecular weight excluding hydrogens is 354 g/mol.